The summed E-state index contributed by atoms with van der Waals surface area (Å²) in [6.45, 7) is 3.49. The quantitative estimate of drug-likeness (QED) is 0.609. The Labute approximate surface area is 118 Å². The van der Waals surface area contributed by atoms with Gasteiger partial charge in [-0.1, -0.05) is 15.9 Å². The normalized spacial score (nSPS) is 12.5. The van der Waals surface area contributed by atoms with Gasteiger partial charge in [-0.3, -0.25) is 0 Å². The maximum atomic E-state index is 13.5. The molecule has 0 aromatic heterocycles. The second-order valence-corrected chi connectivity index (χ2v) is 4.55. The summed E-state index contributed by atoms with van der Waals surface area (Å²) in [5.41, 5.74) is 0. The van der Waals surface area contributed by atoms with Gasteiger partial charge in [0.25, 0.3) is 0 Å². The van der Waals surface area contributed by atoms with E-state index in [0.717, 1.165) is 18.2 Å². The molecular formula is C13H13BrF2O3. The number of halogens is 3. The molecule has 0 fully saturated rings. The third-order valence-electron chi connectivity index (χ3n) is 2.06. The molecule has 0 bridgehead atoms. The Kier molecular flexibility index (Phi) is 5.95. The predicted molar refractivity (Wildman–Crippen MR) is 69.9 cm³/mol. The van der Waals surface area contributed by atoms with Crippen molar-refractivity contribution in [1.29, 1.82) is 0 Å². The summed E-state index contributed by atoms with van der Waals surface area (Å²) in [5.74, 6) is -2.65. The van der Waals surface area contributed by atoms with E-state index in [9.17, 15) is 13.6 Å². The molecule has 1 atom stereocenters. The third kappa shape index (κ3) is 4.98. The van der Waals surface area contributed by atoms with Gasteiger partial charge in [0, 0.05) is 10.5 Å². The van der Waals surface area contributed by atoms with Crippen LogP contribution in [0.1, 0.15) is 13.8 Å². The number of hydrogen-bond donors (Lipinski definition) is 0. The van der Waals surface area contributed by atoms with E-state index in [-0.39, 0.29) is 11.1 Å². The molecule has 0 aliphatic carbocycles. The van der Waals surface area contributed by atoms with Crippen molar-refractivity contribution < 1.29 is 23.0 Å². The van der Waals surface area contributed by atoms with E-state index in [2.05, 4.69) is 20.7 Å². The van der Waals surface area contributed by atoms with E-state index in [4.69, 9.17) is 4.74 Å². The molecule has 0 aliphatic heterocycles. The van der Waals surface area contributed by atoms with Gasteiger partial charge in [0.1, 0.15) is 6.10 Å². The molecule has 1 rings (SSSR count). The average Bonchev–Trinajstić information content (AvgIpc) is 2.31. The molecule has 0 saturated heterocycles. The van der Waals surface area contributed by atoms with Crippen LogP contribution in [0.25, 0.3) is 0 Å². The van der Waals surface area contributed by atoms with Gasteiger partial charge in [0.2, 0.25) is 0 Å². The van der Waals surface area contributed by atoms with E-state index in [1.165, 1.54) is 6.08 Å². The van der Waals surface area contributed by atoms with E-state index in [1.54, 1.807) is 13.8 Å². The van der Waals surface area contributed by atoms with Gasteiger partial charge in [0.15, 0.2) is 17.4 Å². The average molecular weight is 335 g/mol. The summed E-state index contributed by atoms with van der Waals surface area (Å²) < 4.78 is 37.0. The lowest BCUT2D eigenvalue weighted by Crippen LogP contribution is -2.12. The number of carbonyl (C=O) groups excluding carboxylic acids is 1. The molecule has 3 nitrogen and oxygen atoms in total. The van der Waals surface area contributed by atoms with Crippen LogP contribution < -0.4 is 4.74 Å². The van der Waals surface area contributed by atoms with Gasteiger partial charge in [-0.2, -0.15) is 0 Å². The maximum absolute atomic E-state index is 13.5. The summed E-state index contributed by atoms with van der Waals surface area (Å²) >= 11 is 2.97. The highest BCUT2D eigenvalue weighted by molar-refractivity contribution is 9.10. The van der Waals surface area contributed by atoms with Crippen molar-refractivity contribution in [3.8, 4) is 5.75 Å². The number of hydrogen-bond acceptors (Lipinski definition) is 3. The van der Waals surface area contributed by atoms with Crippen molar-refractivity contribution >= 4 is 21.9 Å². The molecule has 0 saturated carbocycles. The molecule has 0 aliphatic rings. The Bertz CT molecular complexity index is 466. The van der Waals surface area contributed by atoms with Gasteiger partial charge in [-0.15, -0.1) is 0 Å². The fourth-order valence-electron chi connectivity index (χ4n) is 1.27. The van der Waals surface area contributed by atoms with E-state index >= 15 is 0 Å². The molecule has 1 aromatic carbocycles. The summed E-state index contributed by atoms with van der Waals surface area (Å²) in [5, 5.41) is 0. The largest absolute Gasteiger partial charge is 0.481 e. The second kappa shape index (κ2) is 7.23. The second-order valence-electron chi connectivity index (χ2n) is 3.63. The predicted octanol–water partition coefficient (Wildman–Crippen LogP) is 3.61. The Morgan fingerprint density at radius 2 is 2.00 bits per heavy atom. The number of rotatable bonds is 5. The Morgan fingerprint density at radius 3 is 2.53 bits per heavy atom. The fourth-order valence-corrected chi connectivity index (χ4v) is 1.67. The van der Waals surface area contributed by atoms with Crippen LogP contribution in [0.2, 0.25) is 0 Å². The lowest BCUT2D eigenvalue weighted by molar-refractivity contribution is -0.137. The number of esters is 1. The standard InChI is InChI=1S/C13H13BrF2O3/c1-3-18-12(17)5-4-8(2)19-13-10(15)6-9(14)7-11(13)16/h4-8H,3H2,1-2H3/b5-4+/t8-/m0/s1. The number of ether oxygens (including phenoxy) is 2. The monoisotopic (exact) mass is 334 g/mol. The molecule has 104 valence electrons. The minimum atomic E-state index is -0.816. The Hall–Kier alpha value is -1.43. The fraction of sp³-hybridized carbons (Fsp3) is 0.308. The molecule has 0 heterocycles. The van der Waals surface area contributed by atoms with Crippen molar-refractivity contribution in [3.05, 3.63) is 40.4 Å². The molecule has 0 N–H and O–H groups in total. The molecule has 19 heavy (non-hydrogen) atoms. The Balaban J connectivity index is 2.72. The van der Waals surface area contributed by atoms with Crippen LogP contribution in [-0.2, 0) is 9.53 Å². The maximum Gasteiger partial charge on any atom is 0.330 e. The topological polar surface area (TPSA) is 35.5 Å². The van der Waals surface area contributed by atoms with Gasteiger partial charge in [0.05, 0.1) is 6.61 Å². The third-order valence-corrected chi connectivity index (χ3v) is 2.51. The van der Waals surface area contributed by atoms with Crippen LogP contribution in [0.3, 0.4) is 0 Å². The van der Waals surface area contributed by atoms with Crippen LogP contribution in [0, 0.1) is 11.6 Å². The van der Waals surface area contributed by atoms with Gasteiger partial charge in [-0.05, 0) is 32.1 Å². The van der Waals surface area contributed by atoms with Crippen LogP contribution in [0.5, 0.6) is 5.75 Å². The van der Waals surface area contributed by atoms with Gasteiger partial charge < -0.3 is 9.47 Å². The van der Waals surface area contributed by atoms with Gasteiger partial charge >= 0.3 is 5.97 Å². The first-order valence-electron chi connectivity index (χ1n) is 5.60. The zero-order chi connectivity index (χ0) is 14.4. The van der Waals surface area contributed by atoms with E-state index in [0.29, 0.717) is 0 Å². The SMILES string of the molecule is CCOC(=O)/C=C/[C@H](C)Oc1c(F)cc(Br)cc1F. The minimum absolute atomic E-state index is 0.258. The highest BCUT2D eigenvalue weighted by Gasteiger charge is 2.14. The summed E-state index contributed by atoms with van der Waals surface area (Å²) in [4.78, 5) is 11.1. The van der Waals surface area contributed by atoms with Crippen LogP contribution in [0.15, 0.2) is 28.8 Å². The summed E-state index contributed by atoms with van der Waals surface area (Å²) in [6.07, 6.45) is 1.84. The minimum Gasteiger partial charge on any atom is -0.481 e. The molecule has 0 radical (unpaired) electrons. The summed E-state index contributed by atoms with van der Waals surface area (Å²) in [6, 6.07) is 2.19. The first kappa shape index (κ1) is 15.6. The lowest BCUT2D eigenvalue weighted by atomic mass is 10.3. The molecule has 0 spiro atoms. The molecule has 0 unspecified atom stereocenters. The molecule has 0 amide bonds. The van der Waals surface area contributed by atoms with Crippen molar-refractivity contribution in [2.24, 2.45) is 0 Å². The Morgan fingerprint density at radius 1 is 1.42 bits per heavy atom. The number of benzene rings is 1. The van der Waals surface area contributed by atoms with Crippen molar-refractivity contribution in [2.45, 2.75) is 20.0 Å². The van der Waals surface area contributed by atoms with E-state index < -0.39 is 29.5 Å². The number of carbonyl (C=O) groups is 1. The first-order valence-corrected chi connectivity index (χ1v) is 6.39. The van der Waals surface area contributed by atoms with Crippen LogP contribution in [0.4, 0.5) is 8.78 Å². The lowest BCUT2D eigenvalue weighted by Gasteiger charge is -2.12. The molecular weight excluding hydrogens is 322 g/mol. The van der Waals surface area contributed by atoms with Crippen molar-refractivity contribution in [1.82, 2.24) is 0 Å². The zero-order valence-electron chi connectivity index (χ0n) is 10.5. The van der Waals surface area contributed by atoms with Crippen molar-refractivity contribution in [2.75, 3.05) is 6.61 Å². The van der Waals surface area contributed by atoms with E-state index in [1.807, 2.05) is 0 Å². The smallest absolute Gasteiger partial charge is 0.330 e. The van der Waals surface area contributed by atoms with Gasteiger partial charge in [-0.25, -0.2) is 13.6 Å². The van der Waals surface area contributed by atoms with Crippen LogP contribution >= 0.6 is 15.9 Å². The highest BCUT2D eigenvalue weighted by atomic mass is 79.9. The first-order chi connectivity index (χ1) is 8.93. The summed E-state index contributed by atoms with van der Waals surface area (Å²) in [7, 11) is 0. The van der Waals surface area contributed by atoms with Crippen LogP contribution in [-0.4, -0.2) is 18.7 Å². The zero-order valence-corrected chi connectivity index (χ0v) is 12.0. The highest BCUT2D eigenvalue weighted by Crippen LogP contribution is 2.26. The molecule has 1 aromatic rings. The van der Waals surface area contributed by atoms with Crippen molar-refractivity contribution in [3.63, 3.8) is 0 Å². The molecule has 6 heteroatoms.